The summed E-state index contributed by atoms with van der Waals surface area (Å²) in [4.78, 5) is 12.0. The molecule has 0 saturated heterocycles. The third-order valence-electron chi connectivity index (χ3n) is 2.85. The lowest BCUT2D eigenvalue weighted by Crippen LogP contribution is -2.14. The van der Waals surface area contributed by atoms with E-state index in [1.165, 1.54) is 12.3 Å². The summed E-state index contributed by atoms with van der Waals surface area (Å²) in [6.07, 6.45) is 1.47. The van der Waals surface area contributed by atoms with E-state index in [1.54, 1.807) is 30.8 Å². The van der Waals surface area contributed by atoms with Crippen molar-refractivity contribution in [2.75, 3.05) is 5.32 Å². The molecule has 1 N–H and O–H groups in total. The molecule has 2 aromatic rings. The van der Waals surface area contributed by atoms with Crippen LogP contribution < -0.4 is 5.32 Å². The number of halogens is 1. The number of anilines is 1. The lowest BCUT2D eigenvalue weighted by Gasteiger charge is -2.07. The number of nitrogens with one attached hydrogen (secondary N) is 1. The van der Waals surface area contributed by atoms with E-state index in [9.17, 15) is 9.18 Å². The molecule has 1 heterocycles. The van der Waals surface area contributed by atoms with Crippen LogP contribution in [0.4, 0.5) is 10.1 Å². The van der Waals surface area contributed by atoms with Gasteiger partial charge in [0, 0.05) is 12.7 Å². The van der Waals surface area contributed by atoms with Gasteiger partial charge in [-0.25, -0.2) is 4.39 Å². The molecule has 18 heavy (non-hydrogen) atoms. The van der Waals surface area contributed by atoms with Crippen LogP contribution in [0, 0.1) is 19.7 Å². The highest BCUT2D eigenvalue weighted by Gasteiger charge is 2.14. The lowest BCUT2D eigenvalue weighted by atomic mass is 10.2. The van der Waals surface area contributed by atoms with E-state index < -0.39 is 5.82 Å². The number of benzene rings is 1. The second kappa shape index (κ2) is 4.60. The number of carbonyl (C=O) groups is 1. The second-order valence-electron chi connectivity index (χ2n) is 4.20. The first-order valence-corrected chi connectivity index (χ1v) is 5.55. The van der Waals surface area contributed by atoms with Crippen molar-refractivity contribution in [3.63, 3.8) is 0 Å². The van der Waals surface area contributed by atoms with Crippen LogP contribution in [0.25, 0.3) is 0 Å². The Labute approximate surface area is 104 Å². The number of aryl methyl sites for hydroxylation is 2. The molecule has 5 heteroatoms. The molecular formula is C13H14FN3O. The highest BCUT2D eigenvalue weighted by Crippen LogP contribution is 2.17. The Morgan fingerprint density at radius 2 is 2.11 bits per heavy atom. The van der Waals surface area contributed by atoms with E-state index in [0.717, 1.165) is 11.3 Å². The minimum absolute atomic E-state index is 0.184. The van der Waals surface area contributed by atoms with E-state index in [4.69, 9.17) is 0 Å². The van der Waals surface area contributed by atoms with Crippen molar-refractivity contribution in [1.29, 1.82) is 0 Å². The molecule has 0 aliphatic heterocycles. The molecule has 0 bridgehead atoms. The van der Waals surface area contributed by atoms with Crippen LogP contribution in [0.15, 0.2) is 24.4 Å². The number of aromatic nitrogens is 2. The van der Waals surface area contributed by atoms with Gasteiger partial charge in [0.15, 0.2) is 0 Å². The Bertz CT molecular complexity index is 604. The first-order valence-electron chi connectivity index (χ1n) is 5.55. The highest BCUT2D eigenvalue weighted by molar-refractivity contribution is 6.04. The summed E-state index contributed by atoms with van der Waals surface area (Å²) in [5.41, 5.74) is 2.25. The lowest BCUT2D eigenvalue weighted by molar-refractivity contribution is 0.102. The van der Waals surface area contributed by atoms with Gasteiger partial charge >= 0.3 is 0 Å². The number of rotatable bonds is 2. The van der Waals surface area contributed by atoms with Crippen LogP contribution in [-0.4, -0.2) is 15.7 Å². The van der Waals surface area contributed by atoms with E-state index >= 15 is 0 Å². The van der Waals surface area contributed by atoms with E-state index in [1.807, 2.05) is 6.92 Å². The van der Waals surface area contributed by atoms with E-state index in [2.05, 4.69) is 10.4 Å². The number of hydrogen-bond acceptors (Lipinski definition) is 2. The minimum Gasteiger partial charge on any atom is -0.319 e. The molecule has 0 saturated carbocycles. The van der Waals surface area contributed by atoms with Crippen molar-refractivity contribution in [3.8, 4) is 0 Å². The average Bonchev–Trinajstić information content (AvgIpc) is 2.65. The number of hydrogen-bond donors (Lipinski definition) is 1. The zero-order chi connectivity index (χ0) is 13.3. The first kappa shape index (κ1) is 12.3. The molecule has 0 aliphatic rings. The number of nitrogens with zero attached hydrogens (tertiary/aromatic N) is 2. The molecule has 1 amide bonds. The van der Waals surface area contributed by atoms with Gasteiger partial charge in [0.2, 0.25) is 0 Å². The molecule has 2 rings (SSSR count). The molecule has 94 valence electrons. The van der Waals surface area contributed by atoms with Crippen molar-refractivity contribution in [2.24, 2.45) is 7.05 Å². The summed E-state index contributed by atoms with van der Waals surface area (Å²) in [5, 5.41) is 6.54. The third-order valence-corrected chi connectivity index (χ3v) is 2.85. The fourth-order valence-corrected chi connectivity index (χ4v) is 1.65. The Balaban J connectivity index is 2.27. The van der Waals surface area contributed by atoms with Gasteiger partial charge in [-0.3, -0.25) is 9.48 Å². The molecule has 1 aromatic carbocycles. The average molecular weight is 247 g/mol. The second-order valence-corrected chi connectivity index (χ2v) is 4.20. The van der Waals surface area contributed by atoms with Crippen molar-refractivity contribution < 1.29 is 9.18 Å². The SMILES string of the molecule is Cc1ccc(F)c(NC(=O)c2cnn(C)c2C)c1. The molecule has 0 aliphatic carbocycles. The Morgan fingerprint density at radius 3 is 2.72 bits per heavy atom. The van der Waals surface area contributed by atoms with Crippen LogP contribution >= 0.6 is 0 Å². The van der Waals surface area contributed by atoms with Gasteiger partial charge in [-0.1, -0.05) is 6.07 Å². The molecule has 4 nitrogen and oxygen atoms in total. The monoisotopic (exact) mass is 247 g/mol. The van der Waals surface area contributed by atoms with Crippen molar-refractivity contribution in [2.45, 2.75) is 13.8 Å². The maximum atomic E-state index is 13.5. The maximum Gasteiger partial charge on any atom is 0.259 e. The summed E-state index contributed by atoms with van der Waals surface area (Å²) in [5.74, 6) is -0.805. The summed E-state index contributed by atoms with van der Waals surface area (Å²) in [6, 6.07) is 4.58. The Kier molecular flexibility index (Phi) is 3.14. The molecule has 0 fully saturated rings. The highest BCUT2D eigenvalue weighted by atomic mass is 19.1. The molecular weight excluding hydrogens is 233 g/mol. The van der Waals surface area contributed by atoms with Gasteiger partial charge in [0.25, 0.3) is 5.91 Å². The first-order chi connectivity index (χ1) is 8.49. The van der Waals surface area contributed by atoms with Crippen LogP contribution in [0.2, 0.25) is 0 Å². The smallest absolute Gasteiger partial charge is 0.259 e. The molecule has 0 radical (unpaired) electrons. The minimum atomic E-state index is -0.449. The molecule has 0 unspecified atom stereocenters. The number of amides is 1. The summed E-state index contributed by atoms with van der Waals surface area (Å²) < 4.78 is 15.1. The predicted molar refractivity (Wildman–Crippen MR) is 67.0 cm³/mol. The fourth-order valence-electron chi connectivity index (χ4n) is 1.65. The van der Waals surface area contributed by atoms with Gasteiger partial charge in [0.05, 0.1) is 17.4 Å². The van der Waals surface area contributed by atoms with Gasteiger partial charge in [-0.05, 0) is 31.5 Å². The maximum absolute atomic E-state index is 13.5. The van der Waals surface area contributed by atoms with Gasteiger partial charge in [-0.15, -0.1) is 0 Å². The van der Waals surface area contributed by atoms with Crippen LogP contribution in [0.3, 0.4) is 0 Å². The number of carbonyl (C=O) groups excluding carboxylic acids is 1. The predicted octanol–water partition coefficient (Wildman–Crippen LogP) is 2.43. The normalized spacial score (nSPS) is 10.4. The molecule has 1 aromatic heterocycles. The summed E-state index contributed by atoms with van der Waals surface area (Å²) in [7, 11) is 1.75. The standard InChI is InChI=1S/C13H14FN3O/c1-8-4-5-11(14)12(6-8)16-13(18)10-7-15-17(3)9(10)2/h4-7H,1-3H3,(H,16,18). The van der Waals surface area contributed by atoms with Crippen LogP contribution in [0.1, 0.15) is 21.6 Å². The zero-order valence-corrected chi connectivity index (χ0v) is 10.5. The fraction of sp³-hybridized carbons (Fsp3) is 0.231. The Hall–Kier alpha value is -2.17. The largest absolute Gasteiger partial charge is 0.319 e. The van der Waals surface area contributed by atoms with Crippen LogP contribution in [0.5, 0.6) is 0 Å². The van der Waals surface area contributed by atoms with Crippen molar-refractivity contribution in [3.05, 3.63) is 47.0 Å². The third kappa shape index (κ3) is 2.25. The van der Waals surface area contributed by atoms with Gasteiger partial charge in [0.1, 0.15) is 5.82 Å². The summed E-state index contributed by atoms with van der Waals surface area (Å²) >= 11 is 0. The van der Waals surface area contributed by atoms with Crippen molar-refractivity contribution in [1.82, 2.24) is 9.78 Å². The van der Waals surface area contributed by atoms with Crippen molar-refractivity contribution >= 4 is 11.6 Å². The quantitative estimate of drug-likeness (QED) is 0.886. The Morgan fingerprint density at radius 1 is 1.39 bits per heavy atom. The topological polar surface area (TPSA) is 46.9 Å². The van der Waals surface area contributed by atoms with Crippen LogP contribution in [-0.2, 0) is 7.05 Å². The summed E-state index contributed by atoms with van der Waals surface area (Å²) in [6.45, 7) is 3.62. The molecule has 0 spiro atoms. The van der Waals surface area contributed by atoms with Gasteiger partial charge < -0.3 is 5.32 Å². The zero-order valence-electron chi connectivity index (χ0n) is 10.5. The van der Waals surface area contributed by atoms with Gasteiger partial charge in [-0.2, -0.15) is 5.10 Å². The van der Waals surface area contributed by atoms with E-state index in [-0.39, 0.29) is 11.6 Å². The molecule has 0 atom stereocenters. The van der Waals surface area contributed by atoms with E-state index in [0.29, 0.717) is 5.56 Å².